The second-order valence-electron chi connectivity index (χ2n) is 4.33. The van der Waals surface area contributed by atoms with Crippen molar-refractivity contribution in [3.8, 4) is 0 Å². The van der Waals surface area contributed by atoms with Crippen molar-refractivity contribution in [1.29, 1.82) is 0 Å². The summed E-state index contributed by atoms with van der Waals surface area (Å²) in [5.41, 5.74) is 0.487. The van der Waals surface area contributed by atoms with E-state index in [0.717, 1.165) is 13.0 Å². The smallest absolute Gasteiger partial charge is 0.335 e. The zero-order valence-electron chi connectivity index (χ0n) is 9.89. The molecule has 18 heavy (non-hydrogen) atoms. The van der Waals surface area contributed by atoms with Crippen molar-refractivity contribution in [2.75, 3.05) is 19.8 Å². The molecule has 1 aromatic rings. The summed E-state index contributed by atoms with van der Waals surface area (Å²) in [7, 11) is 0. The van der Waals surface area contributed by atoms with Crippen LogP contribution in [0.15, 0.2) is 24.3 Å². The largest absolute Gasteiger partial charge is 0.478 e. The van der Waals surface area contributed by atoms with Crippen molar-refractivity contribution < 1.29 is 19.4 Å². The predicted molar refractivity (Wildman–Crippen MR) is 64.7 cm³/mol. The number of carbonyl (C=O) groups excluding carboxylic acids is 1. The fraction of sp³-hybridized carbons (Fsp3) is 0.385. The third-order valence-corrected chi connectivity index (χ3v) is 2.95. The van der Waals surface area contributed by atoms with E-state index in [9.17, 15) is 9.59 Å². The molecule has 0 bridgehead atoms. The van der Waals surface area contributed by atoms with Gasteiger partial charge in [0.15, 0.2) is 0 Å². The van der Waals surface area contributed by atoms with Gasteiger partial charge in [-0.1, -0.05) is 6.07 Å². The van der Waals surface area contributed by atoms with E-state index in [1.807, 2.05) is 0 Å². The van der Waals surface area contributed by atoms with E-state index < -0.39 is 5.97 Å². The van der Waals surface area contributed by atoms with Gasteiger partial charge in [-0.2, -0.15) is 0 Å². The molecule has 96 valence electrons. The Kier molecular flexibility index (Phi) is 3.94. The molecule has 1 fully saturated rings. The molecule has 1 atom stereocenters. The van der Waals surface area contributed by atoms with Crippen LogP contribution in [0.1, 0.15) is 27.1 Å². The highest BCUT2D eigenvalue weighted by Crippen LogP contribution is 2.11. The summed E-state index contributed by atoms with van der Waals surface area (Å²) in [6.07, 6.45) is 0.954. The molecule has 5 nitrogen and oxygen atoms in total. The summed E-state index contributed by atoms with van der Waals surface area (Å²) >= 11 is 0. The van der Waals surface area contributed by atoms with Crippen LogP contribution < -0.4 is 5.32 Å². The van der Waals surface area contributed by atoms with Gasteiger partial charge in [-0.15, -0.1) is 0 Å². The Hall–Kier alpha value is -1.88. The van der Waals surface area contributed by atoms with Gasteiger partial charge in [0.25, 0.3) is 5.91 Å². The second kappa shape index (κ2) is 5.64. The number of ether oxygens (including phenoxy) is 1. The van der Waals surface area contributed by atoms with E-state index in [-0.39, 0.29) is 11.5 Å². The van der Waals surface area contributed by atoms with Crippen LogP contribution in [0.5, 0.6) is 0 Å². The maximum absolute atomic E-state index is 11.8. The lowest BCUT2D eigenvalue weighted by atomic mass is 10.1. The van der Waals surface area contributed by atoms with Crippen LogP contribution in [0.2, 0.25) is 0 Å². The normalized spacial score (nSPS) is 18.6. The van der Waals surface area contributed by atoms with Crippen LogP contribution in [0.3, 0.4) is 0 Å². The third-order valence-electron chi connectivity index (χ3n) is 2.95. The molecule has 1 heterocycles. The van der Waals surface area contributed by atoms with E-state index in [4.69, 9.17) is 9.84 Å². The van der Waals surface area contributed by atoms with Gasteiger partial charge < -0.3 is 15.2 Å². The second-order valence-corrected chi connectivity index (χ2v) is 4.33. The van der Waals surface area contributed by atoms with Crippen molar-refractivity contribution in [3.05, 3.63) is 35.4 Å². The third kappa shape index (κ3) is 3.07. The lowest BCUT2D eigenvalue weighted by molar-refractivity contribution is 0.0697. The summed E-state index contributed by atoms with van der Waals surface area (Å²) in [6.45, 7) is 1.99. The van der Waals surface area contributed by atoms with Crippen LogP contribution in [0.4, 0.5) is 0 Å². The highest BCUT2D eigenvalue weighted by atomic mass is 16.5. The van der Waals surface area contributed by atoms with Crippen molar-refractivity contribution in [2.45, 2.75) is 6.42 Å². The molecule has 0 aromatic heterocycles. The monoisotopic (exact) mass is 249 g/mol. The van der Waals surface area contributed by atoms with Crippen molar-refractivity contribution >= 4 is 11.9 Å². The van der Waals surface area contributed by atoms with Gasteiger partial charge in [0, 0.05) is 24.6 Å². The minimum Gasteiger partial charge on any atom is -0.478 e. The fourth-order valence-corrected chi connectivity index (χ4v) is 1.88. The zero-order chi connectivity index (χ0) is 13.0. The SMILES string of the molecule is O=C(O)c1cccc(C(=O)NCC2CCOC2)c1. The quantitative estimate of drug-likeness (QED) is 0.839. The number of rotatable bonds is 4. The number of hydrogen-bond donors (Lipinski definition) is 2. The van der Waals surface area contributed by atoms with Crippen molar-refractivity contribution in [2.24, 2.45) is 5.92 Å². The predicted octanol–water partition coefficient (Wildman–Crippen LogP) is 1.15. The molecule has 1 saturated heterocycles. The molecular weight excluding hydrogens is 234 g/mol. The molecule has 2 rings (SSSR count). The Morgan fingerprint density at radius 1 is 1.39 bits per heavy atom. The van der Waals surface area contributed by atoms with Crippen LogP contribution in [0, 0.1) is 5.92 Å². The number of hydrogen-bond acceptors (Lipinski definition) is 3. The molecule has 1 aliphatic rings. The summed E-state index contributed by atoms with van der Waals surface area (Å²) in [5.74, 6) is -0.921. The molecule has 1 unspecified atom stereocenters. The molecule has 1 amide bonds. The Labute approximate surface area is 105 Å². The number of carboxylic acids is 1. The van der Waals surface area contributed by atoms with Gasteiger partial charge >= 0.3 is 5.97 Å². The van der Waals surface area contributed by atoms with E-state index in [2.05, 4.69) is 5.32 Å². The van der Waals surface area contributed by atoms with E-state index in [1.54, 1.807) is 12.1 Å². The van der Waals surface area contributed by atoms with Gasteiger partial charge in [-0.25, -0.2) is 4.79 Å². The molecule has 1 aliphatic heterocycles. The first-order valence-corrected chi connectivity index (χ1v) is 5.86. The van der Waals surface area contributed by atoms with Crippen LogP contribution >= 0.6 is 0 Å². The zero-order valence-corrected chi connectivity index (χ0v) is 9.89. The van der Waals surface area contributed by atoms with E-state index in [0.29, 0.717) is 24.6 Å². The first kappa shape index (κ1) is 12.6. The van der Waals surface area contributed by atoms with Crippen molar-refractivity contribution in [3.63, 3.8) is 0 Å². The maximum atomic E-state index is 11.8. The lowest BCUT2D eigenvalue weighted by Gasteiger charge is -2.09. The average molecular weight is 249 g/mol. The first-order chi connectivity index (χ1) is 8.66. The van der Waals surface area contributed by atoms with Gasteiger partial charge in [0.05, 0.1) is 12.2 Å². The summed E-state index contributed by atoms with van der Waals surface area (Å²) < 4.78 is 5.22. The Morgan fingerprint density at radius 2 is 2.17 bits per heavy atom. The molecule has 0 aliphatic carbocycles. The molecule has 0 radical (unpaired) electrons. The summed E-state index contributed by atoms with van der Waals surface area (Å²) in [6, 6.07) is 6.01. The first-order valence-electron chi connectivity index (χ1n) is 5.86. The van der Waals surface area contributed by atoms with Crippen molar-refractivity contribution in [1.82, 2.24) is 5.32 Å². The Morgan fingerprint density at radius 3 is 2.83 bits per heavy atom. The number of aromatic carboxylic acids is 1. The number of carbonyl (C=O) groups is 2. The lowest BCUT2D eigenvalue weighted by Crippen LogP contribution is -2.29. The average Bonchev–Trinajstić information content (AvgIpc) is 2.89. The maximum Gasteiger partial charge on any atom is 0.335 e. The fourth-order valence-electron chi connectivity index (χ4n) is 1.88. The number of nitrogens with one attached hydrogen (secondary N) is 1. The minimum atomic E-state index is -1.03. The van der Waals surface area contributed by atoms with Gasteiger partial charge in [-0.05, 0) is 24.6 Å². The number of amides is 1. The van der Waals surface area contributed by atoms with Gasteiger partial charge in [0.2, 0.25) is 0 Å². The molecule has 0 spiro atoms. The number of carboxylic acid groups (broad SMARTS) is 1. The molecule has 1 aromatic carbocycles. The summed E-state index contributed by atoms with van der Waals surface area (Å²) in [4.78, 5) is 22.6. The number of benzene rings is 1. The van der Waals surface area contributed by atoms with E-state index in [1.165, 1.54) is 12.1 Å². The van der Waals surface area contributed by atoms with Gasteiger partial charge in [0.1, 0.15) is 0 Å². The molecular formula is C13H15NO4. The van der Waals surface area contributed by atoms with Gasteiger partial charge in [-0.3, -0.25) is 4.79 Å². The topological polar surface area (TPSA) is 75.6 Å². The minimum absolute atomic E-state index is 0.117. The standard InChI is InChI=1S/C13H15NO4/c15-12(14-7-9-4-5-18-8-9)10-2-1-3-11(6-10)13(16)17/h1-3,6,9H,4-5,7-8H2,(H,14,15)(H,16,17). The molecule has 2 N–H and O–H groups in total. The highest BCUT2D eigenvalue weighted by molar-refractivity contribution is 5.97. The Bertz CT molecular complexity index is 452. The molecule has 0 saturated carbocycles. The highest BCUT2D eigenvalue weighted by Gasteiger charge is 2.17. The van der Waals surface area contributed by atoms with Crippen LogP contribution in [-0.4, -0.2) is 36.7 Å². The molecule has 5 heteroatoms. The van der Waals surface area contributed by atoms with Crippen LogP contribution in [-0.2, 0) is 4.74 Å². The van der Waals surface area contributed by atoms with Crippen LogP contribution in [0.25, 0.3) is 0 Å². The summed E-state index contributed by atoms with van der Waals surface area (Å²) in [5, 5.41) is 11.6. The van der Waals surface area contributed by atoms with E-state index >= 15 is 0 Å². The Balaban J connectivity index is 1.95.